The number of anilines is 1. The van der Waals surface area contributed by atoms with Crippen LogP contribution in [0.3, 0.4) is 0 Å². The van der Waals surface area contributed by atoms with Crippen LogP contribution in [0.1, 0.15) is 21.8 Å². The van der Waals surface area contributed by atoms with E-state index in [9.17, 15) is 4.79 Å². The quantitative estimate of drug-likeness (QED) is 0.541. The molecule has 1 aliphatic heterocycles. The zero-order chi connectivity index (χ0) is 19.5. The smallest absolute Gasteiger partial charge is 0.168 e. The van der Waals surface area contributed by atoms with Crippen LogP contribution in [0.2, 0.25) is 5.02 Å². The Hall–Kier alpha value is -2.78. The van der Waals surface area contributed by atoms with Crippen LogP contribution in [0, 0.1) is 5.92 Å². The van der Waals surface area contributed by atoms with E-state index in [0.717, 1.165) is 29.1 Å². The van der Waals surface area contributed by atoms with Gasteiger partial charge in [-0.25, -0.2) is 0 Å². The highest BCUT2D eigenvalue weighted by atomic mass is 35.5. The van der Waals surface area contributed by atoms with Gasteiger partial charge in [-0.1, -0.05) is 41.9 Å². The molecule has 1 heterocycles. The van der Waals surface area contributed by atoms with Gasteiger partial charge in [0.25, 0.3) is 0 Å². The summed E-state index contributed by atoms with van der Waals surface area (Å²) in [5.74, 6) is 0.922. The molecule has 4 rings (SSSR count). The number of halogens is 1. The maximum Gasteiger partial charge on any atom is 0.168 e. The Morgan fingerprint density at radius 2 is 1.61 bits per heavy atom. The Balaban J connectivity index is 1.66. The standard InChI is InChI=1S/C24H22ClNO2/c1-28-21-13-9-18(10-14-21)24(27)23-16-26(20-5-3-2-4-6-20)15-22(23)17-7-11-19(25)12-8-17/h2-14,22-23H,15-16H2,1H3/t22-,23+/m0/s1. The van der Waals surface area contributed by atoms with E-state index in [2.05, 4.69) is 17.0 Å². The Morgan fingerprint density at radius 1 is 0.929 bits per heavy atom. The van der Waals surface area contributed by atoms with Crippen LogP contribution in [0.15, 0.2) is 78.9 Å². The number of ketones is 1. The molecule has 28 heavy (non-hydrogen) atoms. The van der Waals surface area contributed by atoms with Crippen molar-refractivity contribution in [2.45, 2.75) is 5.92 Å². The van der Waals surface area contributed by atoms with E-state index < -0.39 is 0 Å². The van der Waals surface area contributed by atoms with Gasteiger partial charge in [0.05, 0.1) is 7.11 Å². The maximum absolute atomic E-state index is 13.4. The second-order valence-electron chi connectivity index (χ2n) is 7.10. The summed E-state index contributed by atoms with van der Waals surface area (Å²) in [7, 11) is 1.63. The van der Waals surface area contributed by atoms with E-state index >= 15 is 0 Å². The van der Waals surface area contributed by atoms with Gasteiger partial charge in [0.2, 0.25) is 0 Å². The number of benzene rings is 3. The number of carbonyl (C=O) groups is 1. The summed E-state index contributed by atoms with van der Waals surface area (Å²) in [6.07, 6.45) is 0. The third kappa shape index (κ3) is 3.76. The molecule has 3 aromatic carbocycles. The molecule has 0 bridgehead atoms. The fourth-order valence-corrected chi connectivity index (χ4v) is 4.06. The normalized spacial score (nSPS) is 18.9. The summed E-state index contributed by atoms with van der Waals surface area (Å²) < 4.78 is 5.22. The van der Waals surface area contributed by atoms with Crippen LogP contribution in [-0.4, -0.2) is 26.0 Å². The van der Waals surface area contributed by atoms with Crippen molar-refractivity contribution in [3.63, 3.8) is 0 Å². The topological polar surface area (TPSA) is 29.5 Å². The lowest BCUT2D eigenvalue weighted by molar-refractivity contribution is 0.0921. The average Bonchev–Trinajstić information content (AvgIpc) is 3.20. The largest absolute Gasteiger partial charge is 0.497 e. The molecule has 0 unspecified atom stereocenters. The number of ether oxygens (including phenoxy) is 1. The molecule has 0 aliphatic carbocycles. The zero-order valence-electron chi connectivity index (χ0n) is 15.7. The molecule has 0 aromatic heterocycles. The lowest BCUT2D eigenvalue weighted by Gasteiger charge is -2.18. The van der Waals surface area contributed by atoms with Crippen molar-refractivity contribution in [3.05, 3.63) is 95.0 Å². The molecule has 142 valence electrons. The Bertz CT molecular complexity index is 939. The molecular weight excluding hydrogens is 370 g/mol. The fraction of sp³-hybridized carbons (Fsp3) is 0.208. The first-order valence-corrected chi connectivity index (χ1v) is 9.77. The monoisotopic (exact) mass is 391 g/mol. The van der Waals surface area contributed by atoms with Gasteiger partial charge in [0.15, 0.2) is 5.78 Å². The lowest BCUT2D eigenvalue weighted by Crippen LogP contribution is -2.23. The molecule has 1 fully saturated rings. The van der Waals surface area contributed by atoms with Crippen LogP contribution in [0.4, 0.5) is 5.69 Å². The number of Topliss-reactive ketones (excluding diaryl/α,β-unsaturated/α-hetero) is 1. The maximum atomic E-state index is 13.4. The van der Waals surface area contributed by atoms with Crippen LogP contribution in [-0.2, 0) is 0 Å². The number of carbonyl (C=O) groups excluding carboxylic acids is 1. The first kappa shape index (κ1) is 18.6. The van der Waals surface area contributed by atoms with E-state index in [4.69, 9.17) is 16.3 Å². The van der Waals surface area contributed by atoms with Crippen molar-refractivity contribution in [2.75, 3.05) is 25.1 Å². The third-order valence-electron chi connectivity index (χ3n) is 5.45. The predicted molar refractivity (Wildman–Crippen MR) is 114 cm³/mol. The second kappa shape index (κ2) is 8.07. The van der Waals surface area contributed by atoms with E-state index in [1.807, 2.05) is 66.7 Å². The average molecular weight is 392 g/mol. The van der Waals surface area contributed by atoms with Gasteiger partial charge in [-0.3, -0.25) is 4.79 Å². The van der Waals surface area contributed by atoms with Gasteiger partial charge in [0, 0.05) is 41.2 Å². The van der Waals surface area contributed by atoms with E-state index in [1.54, 1.807) is 7.11 Å². The number of hydrogen-bond donors (Lipinski definition) is 0. The summed E-state index contributed by atoms with van der Waals surface area (Å²) >= 11 is 6.08. The minimum atomic E-state index is -0.116. The second-order valence-corrected chi connectivity index (χ2v) is 7.53. The molecule has 0 saturated carbocycles. The highest BCUT2D eigenvalue weighted by molar-refractivity contribution is 6.30. The zero-order valence-corrected chi connectivity index (χ0v) is 16.5. The van der Waals surface area contributed by atoms with Gasteiger partial charge in [-0.15, -0.1) is 0 Å². The van der Waals surface area contributed by atoms with Crippen LogP contribution in [0.5, 0.6) is 5.75 Å². The Kier molecular flexibility index (Phi) is 5.36. The summed E-state index contributed by atoms with van der Waals surface area (Å²) in [5.41, 5.74) is 3.01. The molecule has 0 amide bonds. The number of methoxy groups -OCH3 is 1. The SMILES string of the molecule is COc1ccc(C(=O)[C@@H]2CN(c3ccccc3)C[C@H]2c2ccc(Cl)cc2)cc1. The minimum Gasteiger partial charge on any atom is -0.497 e. The summed E-state index contributed by atoms with van der Waals surface area (Å²) in [6, 6.07) is 25.5. The number of para-hydroxylation sites is 1. The summed E-state index contributed by atoms with van der Waals surface area (Å²) in [6.45, 7) is 1.50. The van der Waals surface area contributed by atoms with Crippen molar-refractivity contribution in [1.29, 1.82) is 0 Å². The number of nitrogens with zero attached hydrogens (tertiary/aromatic N) is 1. The number of rotatable bonds is 5. The molecule has 4 heteroatoms. The highest BCUT2D eigenvalue weighted by Crippen LogP contribution is 2.37. The van der Waals surface area contributed by atoms with Gasteiger partial charge >= 0.3 is 0 Å². The summed E-state index contributed by atoms with van der Waals surface area (Å²) in [5, 5.41) is 0.708. The Labute approximate surface area is 170 Å². The molecule has 0 N–H and O–H groups in total. The van der Waals surface area contributed by atoms with Crippen molar-refractivity contribution in [2.24, 2.45) is 5.92 Å². The molecule has 3 aromatic rings. The van der Waals surface area contributed by atoms with Crippen LogP contribution >= 0.6 is 11.6 Å². The molecular formula is C24H22ClNO2. The van der Waals surface area contributed by atoms with E-state index in [0.29, 0.717) is 11.6 Å². The van der Waals surface area contributed by atoms with Crippen molar-refractivity contribution < 1.29 is 9.53 Å². The van der Waals surface area contributed by atoms with Gasteiger partial charge < -0.3 is 9.64 Å². The highest BCUT2D eigenvalue weighted by Gasteiger charge is 2.38. The molecule has 1 saturated heterocycles. The van der Waals surface area contributed by atoms with Gasteiger partial charge in [0.1, 0.15) is 5.75 Å². The number of hydrogen-bond acceptors (Lipinski definition) is 3. The fourth-order valence-electron chi connectivity index (χ4n) is 3.94. The van der Waals surface area contributed by atoms with Crippen LogP contribution in [0.25, 0.3) is 0 Å². The first-order valence-electron chi connectivity index (χ1n) is 9.39. The van der Waals surface area contributed by atoms with E-state index in [1.165, 1.54) is 0 Å². The molecule has 2 atom stereocenters. The first-order chi connectivity index (χ1) is 13.7. The third-order valence-corrected chi connectivity index (χ3v) is 5.70. The van der Waals surface area contributed by atoms with Gasteiger partial charge in [-0.2, -0.15) is 0 Å². The molecule has 3 nitrogen and oxygen atoms in total. The van der Waals surface area contributed by atoms with E-state index in [-0.39, 0.29) is 17.6 Å². The van der Waals surface area contributed by atoms with Crippen molar-refractivity contribution >= 4 is 23.1 Å². The van der Waals surface area contributed by atoms with Crippen LogP contribution < -0.4 is 9.64 Å². The molecule has 1 aliphatic rings. The predicted octanol–water partition coefficient (Wildman–Crippen LogP) is 5.45. The lowest BCUT2D eigenvalue weighted by atomic mass is 9.84. The van der Waals surface area contributed by atoms with Crippen molar-refractivity contribution in [3.8, 4) is 5.75 Å². The molecule has 0 spiro atoms. The Morgan fingerprint density at radius 3 is 2.25 bits per heavy atom. The minimum absolute atomic E-state index is 0.116. The van der Waals surface area contributed by atoms with Crippen molar-refractivity contribution in [1.82, 2.24) is 0 Å². The summed E-state index contributed by atoms with van der Waals surface area (Å²) in [4.78, 5) is 15.7. The van der Waals surface area contributed by atoms with Gasteiger partial charge in [-0.05, 0) is 54.1 Å². The molecule has 0 radical (unpaired) electrons.